The van der Waals surface area contributed by atoms with E-state index in [1.807, 2.05) is 13.8 Å². The van der Waals surface area contributed by atoms with Crippen molar-refractivity contribution in [3.63, 3.8) is 0 Å². The maximum Gasteiger partial charge on any atom is 0.164 e. The maximum atomic E-state index is 5.79. The molecule has 0 aromatic carbocycles. The minimum absolute atomic E-state index is 0.0244. The van der Waals surface area contributed by atoms with Crippen LogP contribution in [0.5, 0.6) is 0 Å². The molecule has 0 radical (unpaired) electrons. The van der Waals surface area contributed by atoms with E-state index in [1.165, 1.54) is 0 Å². The lowest BCUT2D eigenvalue weighted by atomic mass is 10.1. The Kier molecular flexibility index (Phi) is 4.00. The summed E-state index contributed by atoms with van der Waals surface area (Å²) in [7, 11) is -1.28. The van der Waals surface area contributed by atoms with Crippen LogP contribution in [0.2, 0.25) is 19.6 Å². The number of rotatable bonds is 2. The molecule has 0 amide bonds. The highest BCUT2D eigenvalue weighted by atomic mass is 28.3. The first-order valence-electron chi connectivity index (χ1n) is 5.72. The zero-order valence-electron chi connectivity index (χ0n) is 11.0. The van der Waals surface area contributed by atoms with Gasteiger partial charge < -0.3 is 9.47 Å². The van der Waals surface area contributed by atoms with Crippen LogP contribution in [0.1, 0.15) is 20.3 Å². The molecule has 1 aliphatic rings. The molecule has 0 N–H and O–H groups in total. The summed E-state index contributed by atoms with van der Waals surface area (Å²) in [5.41, 5.74) is 3.34. The van der Waals surface area contributed by atoms with E-state index in [1.54, 1.807) is 6.08 Å². The summed E-state index contributed by atoms with van der Waals surface area (Å²) in [4.78, 5) is 0. The van der Waals surface area contributed by atoms with E-state index in [-0.39, 0.29) is 12.2 Å². The molecule has 0 saturated carbocycles. The molecule has 90 valence electrons. The molecule has 0 spiro atoms. The molecular formula is C13H22O2Si. The number of hydrogen-bond donors (Lipinski definition) is 0. The smallest absolute Gasteiger partial charge is 0.164 e. The quantitative estimate of drug-likeness (QED) is 0.418. The molecule has 1 aliphatic heterocycles. The predicted octanol–water partition coefficient (Wildman–Crippen LogP) is 2.96. The minimum Gasteiger partial charge on any atom is -0.343 e. The summed E-state index contributed by atoms with van der Waals surface area (Å²) in [6.45, 7) is 14.3. The van der Waals surface area contributed by atoms with E-state index in [0.717, 1.165) is 6.42 Å². The second-order valence-corrected chi connectivity index (χ2v) is 10.4. The molecule has 16 heavy (non-hydrogen) atoms. The third kappa shape index (κ3) is 4.13. The van der Waals surface area contributed by atoms with Gasteiger partial charge in [0.25, 0.3) is 0 Å². The van der Waals surface area contributed by atoms with Crippen molar-refractivity contribution in [3.8, 4) is 11.5 Å². The fourth-order valence-electron chi connectivity index (χ4n) is 1.64. The van der Waals surface area contributed by atoms with Crippen LogP contribution < -0.4 is 0 Å². The fourth-order valence-corrected chi connectivity index (χ4v) is 2.27. The number of ether oxygens (including phenoxy) is 2. The molecule has 2 nitrogen and oxygen atoms in total. The standard InChI is InChI=1S/C13H22O2Si/c1-7-11-12(15-13(2,3)14-11)9-8-10-16(4,5)6/h7,11-12H,1,9H2,2-6H3/t11-,12-/m0/s1. The molecule has 2 atom stereocenters. The SMILES string of the molecule is C=C[C@@H]1OC(C)(C)O[C@H]1CC#C[Si](C)(C)C. The Labute approximate surface area is 100 Å². The van der Waals surface area contributed by atoms with Gasteiger partial charge in [-0.3, -0.25) is 0 Å². The molecule has 1 heterocycles. The first-order valence-corrected chi connectivity index (χ1v) is 9.22. The van der Waals surface area contributed by atoms with Gasteiger partial charge in [-0.2, -0.15) is 0 Å². The molecule has 0 aromatic heterocycles. The predicted molar refractivity (Wildman–Crippen MR) is 69.8 cm³/mol. The Morgan fingerprint density at radius 3 is 2.44 bits per heavy atom. The molecule has 3 heteroatoms. The highest BCUT2D eigenvalue weighted by Crippen LogP contribution is 2.30. The average molecular weight is 238 g/mol. The van der Waals surface area contributed by atoms with Crippen LogP contribution in [0.25, 0.3) is 0 Å². The summed E-state index contributed by atoms with van der Waals surface area (Å²) < 4.78 is 11.5. The van der Waals surface area contributed by atoms with Gasteiger partial charge in [-0.05, 0) is 13.8 Å². The van der Waals surface area contributed by atoms with Crippen molar-refractivity contribution in [1.82, 2.24) is 0 Å². The van der Waals surface area contributed by atoms with Gasteiger partial charge in [0.05, 0.1) is 0 Å². The lowest BCUT2D eigenvalue weighted by Gasteiger charge is -2.16. The molecular weight excluding hydrogens is 216 g/mol. The summed E-state index contributed by atoms with van der Waals surface area (Å²) in [6, 6.07) is 0. The topological polar surface area (TPSA) is 18.5 Å². The highest BCUT2D eigenvalue weighted by molar-refractivity contribution is 6.83. The van der Waals surface area contributed by atoms with E-state index in [0.29, 0.717) is 0 Å². The van der Waals surface area contributed by atoms with Gasteiger partial charge in [0.15, 0.2) is 5.79 Å². The fraction of sp³-hybridized carbons (Fsp3) is 0.692. The minimum atomic E-state index is -1.28. The highest BCUT2D eigenvalue weighted by Gasteiger charge is 2.39. The van der Waals surface area contributed by atoms with Gasteiger partial charge in [-0.1, -0.05) is 25.7 Å². The van der Waals surface area contributed by atoms with E-state index in [2.05, 4.69) is 37.7 Å². The zero-order chi connectivity index (χ0) is 12.4. The Morgan fingerprint density at radius 1 is 1.31 bits per heavy atom. The van der Waals surface area contributed by atoms with Crippen LogP contribution in [0.4, 0.5) is 0 Å². The van der Waals surface area contributed by atoms with E-state index in [9.17, 15) is 0 Å². The summed E-state index contributed by atoms with van der Waals surface area (Å²) in [5, 5.41) is 0. The van der Waals surface area contributed by atoms with Gasteiger partial charge in [0.2, 0.25) is 0 Å². The van der Waals surface area contributed by atoms with Gasteiger partial charge in [-0.15, -0.1) is 18.0 Å². The van der Waals surface area contributed by atoms with Crippen molar-refractivity contribution in [2.24, 2.45) is 0 Å². The van der Waals surface area contributed by atoms with Gasteiger partial charge in [0.1, 0.15) is 20.3 Å². The molecule has 0 unspecified atom stereocenters. The van der Waals surface area contributed by atoms with Crippen molar-refractivity contribution in [2.75, 3.05) is 0 Å². The molecule has 0 aliphatic carbocycles. The summed E-state index contributed by atoms with van der Waals surface area (Å²) >= 11 is 0. The van der Waals surface area contributed by atoms with Crippen molar-refractivity contribution < 1.29 is 9.47 Å². The lowest BCUT2D eigenvalue weighted by Crippen LogP contribution is -2.21. The normalized spacial score (nSPS) is 28.3. The molecule has 0 bridgehead atoms. The first-order chi connectivity index (χ1) is 7.23. The summed E-state index contributed by atoms with van der Waals surface area (Å²) in [5.74, 6) is 2.72. The second kappa shape index (κ2) is 4.75. The van der Waals surface area contributed by atoms with E-state index < -0.39 is 13.9 Å². The monoisotopic (exact) mass is 238 g/mol. The largest absolute Gasteiger partial charge is 0.343 e. The van der Waals surface area contributed by atoms with E-state index in [4.69, 9.17) is 9.47 Å². The first kappa shape index (κ1) is 13.5. The Hall–Kier alpha value is -0.563. The summed E-state index contributed by atoms with van der Waals surface area (Å²) in [6.07, 6.45) is 2.52. The van der Waals surface area contributed by atoms with Gasteiger partial charge in [0, 0.05) is 6.42 Å². The van der Waals surface area contributed by atoms with Crippen LogP contribution in [-0.4, -0.2) is 26.1 Å². The van der Waals surface area contributed by atoms with Crippen LogP contribution in [-0.2, 0) is 9.47 Å². The average Bonchev–Trinajstić information content (AvgIpc) is 2.38. The Bertz CT molecular complexity index is 317. The van der Waals surface area contributed by atoms with Gasteiger partial charge in [-0.25, -0.2) is 0 Å². The molecule has 1 rings (SSSR count). The Balaban J connectivity index is 2.60. The molecule has 0 aromatic rings. The van der Waals surface area contributed by atoms with Crippen molar-refractivity contribution >= 4 is 8.07 Å². The zero-order valence-corrected chi connectivity index (χ0v) is 12.0. The number of hydrogen-bond acceptors (Lipinski definition) is 2. The maximum absolute atomic E-state index is 5.79. The van der Waals surface area contributed by atoms with Crippen LogP contribution in [0.15, 0.2) is 12.7 Å². The molecule has 1 saturated heterocycles. The van der Waals surface area contributed by atoms with Crippen LogP contribution >= 0.6 is 0 Å². The van der Waals surface area contributed by atoms with Crippen LogP contribution in [0.3, 0.4) is 0 Å². The van der Waals surface area contributed by atoms with Crippen molar-refractivity contribution in [1.29, 1.82) is 0 Å². The van der Waals surface area contributed by atoms with E-state index >= 15 is 0 Å². The second-order valence-electron chi connectivity index (χ2n) is 5.63. The third-order valence-corrected chi connectivity index (χ3v) is 3.15. The Morgan fingerprint density at radius 2 is 1.94 bits per heavy atom. The van der Waals surface area contributed by atoms with Gasteiger partial charge >= 0.3 is 0 Å². The van der Waals surface area contributed by atoms with Crippen LogP contribution in [0, 0.1) is 11.5 Å². The third-order valence-electron chi connectivity index (χ3n) is 2.22. The molecule has 1 fully saturated rings. The van der Waals surface area contributed by atoms with Crippen molar-refractivity contribution in [3.05, 3.63) is 12.7 Å². The van der Waals surface area contributed by atoms with Crippen molar-refractivity contribution in [2.45, 2.75) is 57.9 Å². The lowest BCUT2D eigenvalue weighted by molar-refractivity contribution is -0.142.